The van der Waals surface area contributed by atoms with Crippen molar-refractivity contribution in [3.63, 3.8) is 0 Å². The molecule has 1 aliphatic rings. The molecule has 1 aromatic heterocycles. The summed E-state index contributed by atoms with van der Waals surface area (Å²) < 4.78 is 11.0. The van der Waals surface area contributed by atoms with Crippen molar-refractivity contribution < 1.29 is 9.26 Å². The van der Waals surface area contributed by atoms with E-state index in [9.17, 15) is 0 Å². The van der Waals surface area contributed by atoms with E-state index < -0.39 is 0 Å². The second kappa shape index (κ2) is 7.07. The van der Waals surface area contributed by atoms with E-state index in [0.29, 0.717) is 11.8 Å². The Morgan fingerprint density at radius 1 is 1.04 bits per heavy atom. The lowest BCUT2D eigenvalue weighted by molar-refractivity contribution is 0.391. The number of nitrogens with zero attached hydrogens (tertiary/aromatic N) is 4. The summed E-state index contributed by atoms with van der Waals surface area (Å²) in [7, 11) is 1.71. The van der Waals surface area contributed by atoms with Crippen LogP contribution >= 0.6 is 0 Å². The number of hydrogen-bond donors (Lipinski definition) is 0. The molecule has 0 aliphatic carbocycles. The predicted octanol–water partition coefficient (Wildman–Crippen LogP) is 3.46. The first-order valence-corrected chi connectivity index (χ1v) is 8.80. The molecular formula is C20H22N4O2. The van der Waals surface area contributed by atoms with Crippen LogP contribution in [-0.2, 0) is 0 Å². The summed E-state index contributed by atoms with van der Waals surface area (Å²) in [4.78, 5) is 9.10. The highest BCUT2D eigenvalue weighted by Gasteiger charge is 2.28. The smallest absolute Gasteiger partial charge is 0.324 e. The van der Waals surface area contributed by atoms with Crippen LogP contribution in [0.3, 0.4) is 0 Å². The van der Waals surface area contributed by atoms with Gasteiger partial charge in [0.15, 0.2) is 0 Å². The average molecular weight is 350 g/mol. The molecule has 2 heterocycles. The van der Waals surface area contributed by atoms with Gasteiger partial charge in [0, 0.05) is 31.2 Å². The van der Waals surface area contributed by atoms with E-state index in [0.717, 1.165) is 36.6 Å². The van der Waals surface area contributed by atoms with Crippen LogP contribution in [0.4, 0.5) is 11.7 Å². The normalized spacial score (nSPS) is 17.4. The van der Waals surface area contributed by atoms with Crippen LogP contribution < -0.4 is 14.5 Å². The van der Waals surface area contributed by atoms with Gasteiger partial charge in [-0.15, -0.1) is 0 Å². The van der Waals surface area contributed by atoms with Gasteiger partial charge in [0.2, 0.25) is 5.82 Å². The van der Waals surface area contributed by atoms with E-state index in [1.165, 1.54) is 0 Å². The Hall–Kier alpha value is -3.02. The third kappa shape index (κ3) is 3.10. The van der Waals surface area contributed by atoms with E-state index in [1.807, 2.05) is 48.5 Å². The number of para-hydroxylation sites is 2. The summed E-state index contributed by atoms with van der Waals surface area (Å²) in [5, 5.41) is 4.14. The van der Waals surface area contributed by atoms with Gasteiger partial charge in [0.05, 0.1) is 12.8 Å². The number of hydrogen-bond acceptors (Lipinski definition) is 6. The van der Waals surface area contributed by atoms with Crippen molar-refractivity contribution in [1.29, 1.82) is 0 Å². The van der Waals surface area contributed by atoms with Crippen molar-refractivity contribution in [3.05, 3.63) is 54.6 Å². The maximum Gasteiger partial charge on any atom is 0.324 e. The molecule has 0 unspecified atom stereocenters. The zero-order valence-electron chi connectivity index (χ0n) is 15.0. The van der Waals surface area contributed by atoms with Gasteiger partial charge in [-0.2, -0.15) is 4.98 Å². The molecule has 0 bridgehead atoms. The molecule has 2 aromatic carbocycles. The summed E-state index contributed by atoms with van der Waals surface area (Å²) in [6.45, 7) is 4.72. The topological polar surface area (TPSA) is 54.6 Å². The molecule has 4 rings (SSSR count). The van der Waals surface area contributed by atoms with Crippen LogP contribution in [0.25, 0.3) is 11.4 Å². The fourth-order valence-corrected chi connectivity index (χ4v) is 3.39. The molecule has 0 radical (unpaired) electrons. The molecule has 1 saturated heterocycles. The molecule has 0 N–H and O–H groups in total. The molecule has 3 aromatic rings. The molecule has 0 saturated carbocycles. The Bertz CT molecular complexity index is 865. The lowest BCUT2D eigenvalue weighted by atomic mass is 10.1. The minimum absolute atomic E-state index is 0.248. The molecular weight excluding hydrogens is 328 g/mol. The second-order valence-corrected chi connectivity index (χ2v) is 6.43. The molecule has 6 heteroatoms. The third-order valence-electron chi connectivity index (χ3n) is 4.75. The first-order chi connectivity index (χ1) is 12.8. The van der Waals surface area contributed by atoms with Gasteiger partial charge in [0.25, 0.3) is 0 Å². The molecule has 134 valence electrons. The molecule has 0 amide bonds. The summed E-state index contributed by atoms with van der Waals surface area (Å²) in [6, 6.07) is 18.8. The zero-order chi connectivity index (χ0) is 17.9. The van der Waals surface area contributed by atoms with Gasteiger partial charge < -0.3 is 19.1 Å². The molecule has 1 fully saturated rings. The number of anilines is 2. The first-order valence-electron chi connectivity index (χ1n) is 8.80. The maximum atomic E-state index is 5.54. The van der Waals surface area contributed by atoms with Crippen LogP contribution in [-0.4, -0.2) is 42.9 Å². The SMILES string of the molecule is COc1ccccc1N1CCN(c2nc(-c3ccccc3)no2)[C@@H](C)C1. The van der Waals surface area contributed by atoms with Crippen LogP contribution in [0.1, 0.15) is 6.92 Å². The van der Waals surface area contributed by atoms with Gasteiger partial charge in [-0.05, 0) is 19.1 Å². The summed E-state index contributed by atoms with van der Waals surface area (Å²) in [5.41, 5.74) is 2.08. The number of methoxy groups -OCH3 is 1. The van der Waals surface area contributed by atoms with Gasteiger partial charge in [-0.1, -0.05) is 47.6 Å². The fourth-order valence-electron chi connectivity index (χ4n) is 3.39. The molecule has 6 nitrogen and oxygen atoms in total. The van der Waals surface area contributed by atoms with E-state index in [1.54, 1.807) is 7.11 Å². The number of ether oxygens (including phenoxy) is 1. The zero-order valence-corrected chi connectivity index (χ0v) is 15.0. The van der Waals surface area contributed by atoms with E-state index in [4.69, 9.17) is 9.26 Å². The quantitative estimate of drug-likeness (QED) is 0.718. The molecule has 1 aliphatic heterocycles. The van der Waals surface area contributed by atoms with Crippen molar-refractivity contribution in [1.82, 2.24) is 10.1 Å². The van der Waals surface area contributed by atoms with Crippen LogP contribution in [0, 0.1) is 0 Å². The molecule has 1 atom stereocenters. The maximum absolute atomic E-state index is 5.54. The fraction of sp³-hybridized carbons (Fsp3) is 0.300. The number of rotatable bonds is 4. The standard InChI is InChI=1S/C20H22N4O2/c1-15-14-23(17-10-6-7-11-18(17)25-2)12-13-24(15)20-21-19(22-26-20)16-8-4-3-5-9-16/h3-11,15H,12-14H2,1-2H3/t15-/m0/s1. The Morgan fingerprint density at radius 2 is 1.81 bits per heavy atom. The second-order valence-electron chi connectivity index (χ2n) is 6.43. The van der Waals surface area contributed by atoms with E-state index in [-0.39, 0.29) is 6.04 Å². The highest BCUT2D eigenvalue weighted by Crippen LogP contribution is 2.31. The van der Waals surface area contributed by atoms with Gasteiger partial charge in [-0.25, -0.2) is 0 Å². The Balaban J connectivity index is 1.50. The van der Waals surface area contributed by atoms with Gasteiger partial charge >= 0.3 is 6.01 Å². The largest absolute Gasteiger partial charge is 0.495 e. The van der Waals surface area contributed by atoms with Crippen LogP contribution in [0.2, 0.25) is 0 Å². The minimum atomic E-state index is 0.248. The van der Waals surface area contributed by atoms with Crippen LogP contribution in [0.15, 0.2) is 59.1 Å². The monoisotopic (exact) mass is 350 g/mol. The average Bonchev–Trinajstić information content (AvgIpc) is 3.18. The van der Waals surface area contributed by atoms with E-state index in [2.05, 4.69) is 32.9 Å². The summed E-state index contributed by atoms with van der Waals surface area (Å²) in [6.07, 6.45) is 0. The number of benzene rings is 2. The number of aromatic nitrogens is 2. The number of piperazine rings is 1. The highest BCUT2D eigenvalue weighted by atomic mass is 16.5. The van der Waals surface area contributed by atoms with Crippen molar-refractivity contribution in [3.8, 4) is 17.1 Å². The Kier molecular flexibility index (Phi) is 4.48. The van der Waals surface area contributed by atoms with Crippen LogP contribution in [0.5, 0.6) is 5.75 Å². The Labute approximate surface area is 153 Å². The van der Waals surface area contributed by atoms with Crippen molar-refractivity contribution >= 4 is 11.7 Å². The first kappa shape index (κ1) is 16.4. The van der Waals surface area contributed by atoms with Crippen molar-refractivity contribution in [2.24, 2.45) is 0 Å². The minimum Gasteiger partial charge on any atom is -0.495 e. The van der Waals surface area contributed by atoms with Crippen molar-refractivity contribution in [2.45, 2.75) is 13.0 Å². The van der Waals surface area contributed by atoms with Gasteiger partial charge in [0.1, 0.15) is 5.75 Å². The Morgan fingerprint density at radius 3 is 2.58 bits per heavy atom. The molecule has 0 spiro atoms. The molecule has 26 heavy (non-hydrogen) atoms. The van der Waals surface area contributed by atoms with E-state index >= 15 is 0 Å². The van der Waals surface area contributed by atoms with Gasteiger partial charge in [-0.3, -0.25) is 0 Å². The lowest BCUT2D eigenvalue weighted by Crippen LogP contribution is -2.52. The third-order valence-corrected chi connectivity index (χ3v) is 4.75. The highest BCUT2D eigenvalue weighted by molar-refractivity contribution is 5.60. The lowest BCUT2D eigenvalue weighted by Gasteiger charge is -2.40. The van der Waals surface area contributed by atoms with Crippen molar-refractivity contribution in [2.75, 3.05) is 36.5 Å². The summed E-state index contributed by atoms with van der Waals surface area (Å²) >= 11 is 0. The summed E-state index contributed by atoms with van der Waals surface area (Å²) in [5.74, 6) is 1.53. The predicted molar refractivity (Wildman–Crippen MR) is 102 cm³/mol.